The summed E-state index contributed by atoms with van der Waals surface area (Å²) in [6.07, 6.45) is 1.43. The Morgan fingerprint density at radius 2 is 1.88 bits per heavy atom. The lowest BCUT2D eigenvalue weighted by molar-refractivity contribution is 0.102. The summed E-state index contributed by atoms with van der Waals surface area (Å²) in [7, 11) is -3.86. The lowest BCUT2D eigenvalue weighted by Crippen LogP contribution is -2.46. The summed E-state index contributed by atoms with van der Waals surface area (Å²) in [5, 5.41) is 2.92. The number of halogens is 1. The van der Waals surface area contributed by atoms with E-state index in [2.05, 4.69) is 39.4 Å². The van der Waals surface area contributed by atoms with Crippen LogP contribution in [0, 0.1) is 6.92 Å². The van der Waals surface area contributed by atoms with E-state index in [0.717, 1.165) is 44.0 Å². The highest BCUT2D eigenvalue weighted by molar-refractivity contribution is 7.89. The molecule has 32 heavy (non-hydrogen) atoms. The monoisotopic (exact) mass is 476 g/mol. The van der Waals surface area contributed by atoms with Crippen LogP contribution in [0.3, 0.4) is 0 Å². The van der Waals surface area contributed by atoms with Crippen LogP contribution >= 0.6 is 11.6 Å². The highest BCUT2D eigenvalue weighted by Crippen LogP contribution is 2.26. The number of likely N-dealkylation sites (N-methyl/N-ethyl adjacent to an activating group) is 1. The minimum atomic E-state index is -3.86. The van der Waals surface area contributed by atoms with Gasteiger partial charge in [0.2, 0.25) is 10.0 Å². The first-order valence-electron chi connectivity index (χ1n) is 10.5. The average Bonchev–Trinajstić information content (AvgIpc) is 2.79. The molecule has 0 aliphatic carbocycles. The van der Waals surface area contributed by atoms with Gasteiger partial charge in [0, 0.05) is 49.7 Å². The Labute approximate surface area is 195 Å². The number of sulfonamides is 1. The van der Waals surface area contributed by atoms with Crippen molar-refractivity contribution >= 4 is 38.9 Å². The Balaban J connectivity index is 1.75. The molecule has 0 radical (unpaired) electrons. The predicted molar refractivity (Wildman–Crippen MR) is 130 cm³/mol. The fraction of sp³-hybridized carbons (Fsp3) is 0.348. The molecule has 7 nitrogen and oxygen atoms in total. The zero-order valence-electron chi connectivity index (χ0n) is 18.4. The number of anilines is 2. The molecule has 3 rings (SSSR count). The van der Waals surface area contributed by atoms with Gasteiger partial charge in [0.15, 0.2) is 0 Å². The highest BCUT2D eigenvalue weighted by Gasteiger charge is 2.20. The summed E-state index contributed by atoms with van der Waals surface area (Å²) in [6.45, 7) is 12.8. The minimum absolute atomic E-state index is 0.0433. The Morgan fingerprint density at radius 1 is 1.16 bits per heavy atom. The molecule has 0 spiro atoms. The van der Waals surface area contributed by atoms with Crippen LogP contribution in [0.2, 0.25) is 5.02 Å². The topological polar surface area (TPSA) is 81.7 Å². The number of amides is 1. The zero-order valence-corrected chi connectivity index (χ0v) is 20.0. The number of carbonyl (C=O) groups is 1. The summed E-state index contributed by atoms with van der Waals surface area (Å²) in [5.74, 6) is -0.408. The molecule has 1 fully saturated rings. The van der Waals surface area contributed by atoms with E-state index in [0.29, 0.717) is 5.69 Å². The molecule has 1 saturated heterocycles. The first-order valence-corrected chi connectivity index (χ1v) is 12.4. The highest BCUT2D eigenvalue weighted by atomic mass is 35.5. The van der Waals surface area contributed by atoms with Crippen molar-refractivity contribution in [1.82, 2.24) is 9.62 Å². The molecule has 1 amide bonds. The van der Waals surface area contributed by atoms with E-state index in [-0.39, 0.29) is 22.0 Å². The van der Waals surface area contributed by atoms with Gasteiger partial charge >= 0.3 is 0 Å². The fourth-order valence-corrected chi connectivity index (χ4v) is 5.12. The van der Waals surface area contributed by atoms with E-state index >= 15 is 0 Å². The number of benzene rings is 2. The van der Waals surface area contributed by atoms with Crippen LogP contribution in [0.4, 0.5) is 11.4 Å². The maximum atomic E-state index is 12.8. The van der Waals surface area contributed by atoms with Crippen molar-refractivity contribution in [3.05, 3.63) is 65.2 Å². The van der Waals surface area contributed by atoms with Crippen LogP contribution in [0.5, 0.6) is 0 Å². The van der Waals surface area contributed by atoms with E-state index in [1.54, 1.807) is 0 Å². The SMILES string of the molecule is C=CCNS(=O)(=O)c1cc(C(=O)Nc2ccc(N3CCN(CC)CC3)cc2C)ccc1Cl. The van der Waals surface area contributed by atoms with E-state index in [1.165, 1.54) is 24.3 Å². The molecular weight excluding hydrogens is 448 g/mol. The van der Waals surface area contributed by atoms with Gasteiger partial charge in [0.25, 0.3) is 5.91 Å². The average molecular weight is 477 g/mol. The second-order valence-electron chi connectivity index (χ2n) is 7.66. The normalized spacial score (nSPS) is 14.9. The summed E-state index contributed by atoms with van der Waals surface area (Å²) in [5.41, 5.74) is 2.94. The number of nitrogens with zero attached hydrogens (tertiary/aromatic N) is 2. The van der Waals surface area contributed by atoms with Crippen LogP contribution in [0.15, 0.2) is 53.9 Å². The van der Waals surface area contributed by atoms with Crippen molar-refractivity contribution < 1.29 is 13.2 Å². The van der Waals surface area contributed by atoms with Crippen molar-refractivity contribution in [2.75, 3.05) is 49.5 Å². The van der Waals surface area contributed by atoms with Gasteiger partial charge in [-0.2, -0.15) is 0 Å². The number of rotatable bonds is 8. The van der Waals surface area contributed by atoms with Gasteiger partial charge in [-0.15, -0.1) is 6.58 Å². The fourth-order valence-electron chi connectivity index (χ4n) is 3.60. The molecule has 2 aromatic carbocycles. The number of aryl methyl sites for hydroxylation is 1. The third kappa shape index (κ3) is 5.69. The van der Waals surface area contributed by atoms with Crippen molar-refractivity contribution in [2.24, 2.45) is 0 Å². The van der Waals surface area contributed by atoms with Gasteiger partial charge < -0.3 is 15.1 Å². The second kappa shape index (κ2) is 10.5. The molecule has 0 atom stereocenters. The second-order valence-corrected chi connectivity index (χ2v) is 9.80. The molecule has 0 saturated carbocycles. The number of hydrogen-bond acceptors (Lipinski definition) is 5. The Morgan fingerprint density at radius 3 is 2.50 bits per heavy atom. The summed E-state index contributed by atoms with van der Waals surface area (Å²) < 4.78 is 27.3. The largest absolute Gasteiger partial charge is 0.369 e. The van der Waals surface area contributed by atoms with Crippen molar-refractivity contribution in [3.63, 3.8) is 0 Å². The number of carbonyl (C=O) groups excluding carboxylic acids is 1. The Hall–Kier alpha value is -2.39. The molecule has 172 valence electrons. The Bertz CT molecular complexity index is 1100. The standard InChI is InChI=1S/C23H29ClN4O3S/c1-4-10-25-32(30,31)22-16-18(6-8-20(22)24)23(29)26-21-9-7-19(15-17(21)3)28-13-11-27(5-2)12-14-28/h4,6-9,15-16,25H,1,5,10-14H2,2-3H3,(H,26,29). The van der Waals surface area contributed by atoms with E-state index < -0.39 is 15.9 Å². The van der Waals surface area contributed by atoms with E-state index in [1.807, 2.05) is 19.1 Å². The summed E-state index contributed by atoms with van der Waals surface area (Å²) in [6, 6.07) is 10.1. The first-order chi connectivity index (χ1) is 15.2. The van der Waals surface area contributed by atoms with Gasteiger partial charge in [-0.3, -0.25) is 4.79 Å². The molecule has 2 aromatic rings. The zero-order chi connectivity index (χ0) is 23.3. The predicted octanol–water partition coefficient (Wildman–Crippen LogP) is 3.51. The smallest absolute Gasteiger partial charge is 0.255 e. The molecular formula is C23H29ClN4O3S. The maximum absolute atomic E-state index is 12.8. The van der Waals surface area contributed by atoms with Gasteiger partial charge in [0.05, 0.1) is 5.02 Å². The molecule has 1 aliphatic rings. The van der Waals surface area contributed by atoms with Crippen molar-refractivity contribution in [3.8, 4) is 0 Å². The van der Waals surface area contributed by atoms with Crippen molar-refractivity contribution in [2.45, 2.75) is 18.7 Å². The number of piperazine rings is 1. The number of hydrogen-bond donors (Lipinski definition) is 2. The molecule has 9 heteroatoms. The molecule has 0 bridgehead atoms. The van der Waals surface area contributed by atoms with E-state index in [4.69, 9.17) is 11.6 Å². The maximum Gasteiger partial charge on any atom is 0.255 e. The summed E-state index contributed by atoms with van der Waals surface area (Å²) in [4.78, 5) is 17.4. The lowest BCUT2D eigenvalue weighted by Gasteiger charge is -2.35. The molecule has 1 heterocycles. The third-order valence-corrected chi connectivity index (χ3v) is 7.45. The third-order valence-electron chi connectivity index (χ3n) is 5.54. The first kappa shape index (κ1) is 24.3. The van der Waals surface area contributed by atoms with Gasteiger partial charge in [-0.25, -0.2) is 13.1 Å². The van der Waals surface area contributed by atoms with Crippen LogP contribution in [-0.2, 0) is 10.0 Å². The minimum Gasteiger partial charge on any atom is -0.369 e. The van der Waals surface area contributed by atoms with Crippen LogP contribution in [0.25, 0.3) is 0 Å². The van der Waals surface area contributed by atoms with Crippen LogP contribution in [0.1, 0.15) is 22.8 Å². The quantitative estimate of drug-likeness (QED) is 0.570. The molecule has 2 N–H and O–H groups in total. The van der Waals surface area contributed by atoms with Gasteiger partial charge in [-0.05, 0) is 55.4 Å². The van der Waals surface area contributed by atoms with E-state index in [9.17, 15) is 13.2 Å². The summed E-state index contributed by atoms with van der Waals surface area (Å²) >= 11 is 6.07. The molecule has 0 aromatic heterocycles. The van der Waals surface area contributed by atoms with Crippen molar-refractivity contribution in [1.29, 1.82) is 0 Å². The van der Waals surface area contributed by atoms with Gasteiger partial charge in [-0.1, -0.05) is 24.6 Å². The lowest BCUT2D eigenvalue weighted by atomic mass is 10.1. The Kier molecular flexibility index (Phi) is 7.95. The molecule has 0 unspecified atom stereocenters. The molecule has 1 aliphatic heterocycles. The van der Waals surface area contributed by atoms with Gasteiger partial charge in [0.1, 0.15) is 4.90 Å². The van der Waals surface area contributed by atoms with Crippen LogP contribution < -0.4 is 14.9 Å². The van der Waals surface area contributed by atoms with Crippen LogP contribution in [-0.4, -0.2) is 58.5 Å². The number of nitrogens with one attached hydrogen (secondary N) is 2.